The molecule has 15 heteroatoms. The van der Waals surface area contributed by atoms with Gasteiger partial charge in [0.05, 0.1) is 19.8 Å². The lowest BCUT2D eigenvalue weighted by Crippen LogP contribution is -2.41. The maximum atomic E-state index is 12.8. The number of nitrogen functional groups attached to an aromatic ring is 1. The first-order valence-corrected chi connectivity index (χ1v) is 10.9. The first-order valence-electron chi connectivity index (χ1n) is 9.41. The third-order valence-corrected chi connectivity index (χ3v) is 6.01. The van der Waals surface area contributed by atoms with E-state index in [1.165, 1.54) is 24.3 Å². The third-order valence-electron chi connectivity index (χ3n) is 4.58. The van der Waals surface area contributed by atoms with Crippen LogP contribution in [0, 0.1) is 5.92 Å². The molecule has 4 heterocycles. The molecular formula is C16H22N5O9P. The van der Waals surface area contributed by atoms with Crippen LogP contribution >= 0.6 is 7.82 Å². The van der Waals surface area contributed by atoms with Crippen LogP contribution < -0.4 is 10.6 Å². The lowest BCUT2D eigenvalue weighted by atomic mass is 10.1. The highest BCUT2D eigenvalue weighted by Crippen LogP contribution is 2.56. The zero-order chi connectivity index (χ0) is 22.2. The van der Waals surface area contributed by atoms with Crippen molar-refractivity contribution in [1.29, 1.82) is 0 Å². The van der Waals surface area contributed by atoms with E-state index >= 15 is 0 Å². The van der Waals surface area contributed by atoms with E-state index in [2.05, 4.69) is 15.0 Å². The van der Waals surface area contributed by atoms with Crippen LogP contribution in [0.1, 0.15) is 13.8 Å². The average molecular weight is 459 g/mol. The van der Waals surface area contributed by atoms with Gasteiger partial charge in [0.25, 0.3) is 6.29 Å². The van der Waals surface area contributed by atoms with Crippen LogP contribution in [0.3, 0.4) is 0 Å². The van der Waals surface area contributed by atoms with Gasteiger partial charge in [0.1, 0.15) is 31.0 Å². The molecule has 2 aliphatic heterocycles. The normalized spacial score (nSPS) is 31.3. The number of phosphoric ester groups is 1. The van der Waals surface area contributed by atoms with Gasteiger partial charge in [-0.1, -0.05) is 6.92 Å². The fraction of sp³-hybridized carbons (Fsp3) is 0.625. The molecule has 0 bridgehead atoms. The maximum absolute atomic E-state index is 12.8. The number of hydrogen-bond donors (Lipinski definition) is 2. The zero-order valence-electron chi connectivity index (χ0n) is 16.7. The van der Waals surface area contributed by atoms with Gasteiger partial charge in [0, 0.05) is 12.8 Å². The zero-order valence-corrected chi connectivity index (χ0v) is 17.6. The van der Waals surface area contributed by atoms with Crippen molar-refractivity contribution in [3.05, 3.63) is 12.7 Å². The Kier molecular flexibility index (Phi) is 6.10. The van der Waals surface area contributed by atoms with Gasteiger partial charge in [-0.15, -0.1) is 4.73 Å². The van der Waals surface area contributed by atoms with Crippen molar-refractivity contribution in [2.75, 3.05) is 25.6 Å². The highest BCUT2D eigenvalue weighted by atomic mass is 31.2. The molecule has 2 aliphatic rings. The van der Waals surface area contributed by atoms with Crippen molar-refractivity contribution in [2.24, 2.45) is 5.92 Å². The number of rotatable bonds is 7. The molecule has 3 N–H and O–H groups in total. The van der Waals surface area contributed by atoms with Crippen molar-refractivity contribution in [3.63, 3.8) is 0 Å². The van der Waals surface area contributed by atoms with E-state index in [0.29, 0.717) is 5.52 Å². The van der Waals surface area contributed by atoms with Gasteiger partial charge >= 0.3 is 13.8 Å². The number of phosphoric acid groups is 1. The molecule has 31 heavy (non-hydrogen) atoms. The molecule has 0 aliphatic carbocycles. The summed E-state index contributed by atoms with van der Waals surface area (Å²) in [7, 11) is -3.96. The molecule has 170 valence electrons. The Bertz CT molecular complexity index is 1000. The van der Waals surface area contributed by atoms with E-state index in [1.807, 2.05) is 0 Å². The van der Waals surface area contributed by atoms with Crippen molar-refractivity contribution < 1.29 is 42.3 Å². The van der Waals surface area contributed by atoms with Gasteiger partial charge in [0.2, 0.25) is 5.65 Å². The molecule has 2 unspecified atom stereocenters. The first kappa shape index (κ1) is 21.9. The van der Waals surface area contributed by atoms with Crippen LogP contribution in [0.25, 0.3) is 11.2 Å². The highest BCUT2D eigenvalue weighted by molar-refractivity contribution is 7.48. The number of aliphatic hydroxyl groups is 1. The molecule has 2 aromatic heterocycles. The number of fused-ring (bicyclic) bond motifs is 2. The van der Waals surface area contributed by atoms with Gasteiger partial charge in [-0.2, -0.15) is 0 Å². The number of carbonyl (C=O) groups excluding carboxylic acids is 1. The molecule has 0 radical (unpaired) electrons. The predicted molar refractivity (Wildman–Crippen MR) is 101 cm³/mol. The molecule has 2 saturated heterocycles. The minimum atomic E-state index is -3.96. The summed E-state index contributed by atoms with van der Waals surface area (Å²) in [6, 6.07) is 0. The predicted octanol–water partition coefficient (Wildman–Crippen LogP) is -0.338. The highest BCUT2D eigenvalue weighted by Gasteiger charge is 2.54. The topological polar surface area (TPSA) is 179 Å². The summed E-state index contributed by atoms with van der Waals surface area (Å²) in [4.78, 5) is 28.5. The molecule has 2 aromatic rings. The number of nitrogens with two attached hydrogens (primary N) is 1. The van der Waals surface area contributed by atoms with Crippen molar-refractivity contribution in [1.82, 2.24) is 19.7 Å². The summed E-state index contributed by atoms with van der Waals surface area (Å²) < 4.78 is 40.4. The van der Waals surface area contributed by atoms with Crippen LogP contribution in [0.2, 0.25) is 0 Å². The minimum absolute atomic E-state index is 0.0407. The molecule has 0 saturated carbocycles. The Labute approximate surface area is 176 Å². The van der Waals surface area contributed by atoms with Crippen LogP contribution in [-0.2, 0) is 32.4 Å². The number of hydrogen-bond acceptors (Lipinski definition) is 13. The summed E-state index contributed by atoms with van der Waals surface area (Å²) >= 11 is 0. The first-order chi connectivity index (χ1) is 14.8. The summed E-state index contributed by atoms with van der Waals surface area (Å²) in [5.41, 5.74) is 6.35. The summed E-state index contributed by atoms with van der Waals surface area (Å²) in [6.45, 7) is 2.94. The number of aliphatic hydroxyl groups excluding tert-OH is 1. The molecule has 4 rings (SSSR count). The molecule has 0 aromatic carbocycles. The van der Waals surface area contributed by atoms with Gasteiger partial charge in [-0.25, -0.2) is 19.5 Å². The van der Waals surface area contributed by atoms with E-state index in [-0.39, 0.29) is 37.2 Å². The molecule has 0 amide bonds. The van der Waals surface area contributed by atoms with Crippen LogP contribution in [-0.4, -0.2) is 75.2 Å². The molecule has 14 nitrogen and oxygen atoms in total. The Morgan fingerprint density at radius 1 is 1.42 bits per heavy atom. The Morgan fingerprint density at radius 2 is 2.23 bits per heavy atom. The molecule has 2 fully saturated rings. The minimum Gasteiger partial charge on any atom is -0.466 e. The Morgan fingerprint density at radius 3 is 3.00 bits per heavy atom. The number of carbonyl (C=O) groups is 1. The number of nitrogens with zero attached hydrogens (tertiary/aromatic N) is 4. The fourth-order valence-electron chi connectivity index (χ4n) is 3.02. The van der Waals surface area contributed by atoms with Crippen molar-refractivity contribution in [3.8, 4) is 0 Å². The van der Waals surface area contributed by atoms with Gasteiger partial charge in [0.15, 0.2) is 11.3 Å². The SMILES string of the molecule is CC(=O)OCC(C)COP1(=O)OC[C@H]2O[C@@H](On3cnc4c(N)ncnc43)[C@@H](O)[C@@H]2O1. The number of aromatic nitrogens is 4. The lowest BCUT2D eigenvalue weighted by molar-refractivity contribution is -0.168. The molecule has 6 atom stereocenters. The summed E-state index contributed by atoms with van der Waals surface area (Å²) in [5, 5.41) is 10.6. The van der Waals surface area contributed by atoms with Gasteiger partial charge < -0.3 is 25.2 Å². The number of anilines is 1. The van der Waals surface area contributed by atoms with E-state index in [1.54, 1.807) is 6.92 Å². The lowest BCUT2D eigenvalue weighted by Gasteiger charge is -2.31. The van der Waals surface area contributed by atoms with Crippen LogP contribution in [0.4, 0.5) is 5.82 Å². The van der Waals surface area contributed by atoms with Gasteiger partial charge in [-0.05, 0) is 0 Å². The van der Waals surface area contributed by atoms with Crippen LogP contribution in [0.15, 0.2) is 12.7 Å². The van der Waals surface area contributed by atoms with Crippen LogP contribution in [0.5, 0.6) is 0 Å². The average Bonchev–Trinajstić information content (AvgIpc) is 3.28. The number of esters is 1. The smallest absolute Gasteiger partial charge is 0.466 e. The largest absolute Gasteiger partial charge is 0.475 e. The van der Waals surface area contributed by atoms with Crippen molar-refractivity contribution >= 4 is 30.8 Å². The second-order valence-electron chi connectivity index (χ2n) is 7.16. The number of imidazole rings is 1. The second kappa shape index (κ2) is 8.65. The van der Waals surface area contributed by atoms with E-state index in [9.17, 15) is 14.5 Å². The fourth-order valence-corrected chi connectivity index (χ4v) is 4.54. The van der Waals surface area contributed by atoms with Gasteiger partial charge in [-0.3, -0.25) is 18.4 Å². The number of ether oxygens (including phenoxy) is 2. The van der Waals surface area contributed by atoms with Crippen molar-refractivity contribution in [2.45, 2.75) is 38.4 Å². The molecule has 0 spiro atoms. The maximum Gasteiger partial charge on any atom is 0.475 e. The third kappa shape index (κ3) is 4.63. The van der Waals surface area contributed by atoms with E-state index < -0.39 is 38.4 Å². The van der Waals surface area contributed by atoms with E-state index in [0.717, 1.165) is 0 Å². The molecular weight excluding hydrogens is 437 g/mol. The Hall–Kier alpha value is -2.35. The van der Waals surface area contributed by atoms with E-state index in [4.69, 9.17) is 33.6 Å². The summed E-state index contributed by atoms with van der Waals surface area (Å²) in [5.74, 6) is -0.500. The standard InChI is InChI=1S/C16H22N5O9P/c1-8(3-25-9(2)22)4-26-31(24)27-5-10-13(30-31)12(23)16(28-10)29-21-7-20-11-14(17)18-6-19-15(11)21/h6-8,10,12-13,16,23H,3-5H2,1-2H3,(H2,17,18,19)/t8?,10-,12+,13-,16+,31?/m1/s1. The Balaban J connectivity index is 1.37. The monoisotopic (exact) mass is 459 g/mol. The second-order valence-corrected chi connectivity index (χ2v) is 8.78. The summed E-state index contributed by atoms with van der Waals surface area (Å²) in [6.07, 6.45) is -1.68. The quantitative estimate of drug-likeness (QED) is 0.406.